The summed E-state index contributed by atoms with van der Waals surface area (Å²) >= 11 is 11.9. The lowest BCUT2D eigenvalue weighted by molar-refractivity contribution is 0.489. The van der Waals surface area contributed by atoms with E-state index in [1.165, 1.54) is 4.68 Å². The summed E-state index contributed by atoms with van der Waals surface area (Å²) in [6.45, 7) is 0. The van der Waals surface area contributed by atoms with Crippen LogP contribution in [0.1, 0.15) is 12.5 Å². The predicted molar refractivity (Wildman–Crippen MR) is 80.0 cm³/mol. The number of anilines is 1. The minimum absolute atomic E-state index is 0.0296. The highest BCUT2D eigenvalue weighted by Crippen LogP contribution is 2.34. The average Bonchev–Trinajstić information content (AvgIpc) is 3.01. The van der Waals surface area contributed by atoms with Crippen molar-refractivity contribution in [1.29, 1.82) is 0 Å². The first-order valence-corrected chi connectivity index (χ1v) is 8.68. The second-order valence-corrected chi connectivity index (χ2v) is 7.88. The molecule has 0 saturated carbocycles. The second kappa shape index (κ2) is 5.11. The fourth-order valence-corrected chi connectivity index (χ4v) is 4.37. The quantitative estimate of drug-likeness (QED) is 0.827. The first kappa shape index (κ1) is 14.6. The minimum Gasteiger partial charge on any atom is -0.397 e. The van der Waals surface area contributed by atoms with Gasteiger partial charge in [0, 0.05) is 5.56 Å². The van der Waals surface area contributed by atoms with Crippen molar-refractivity contribution in [1.82, 2.24) is 20.2 Å². The van der Waals surface area contributed by atoms with Gasteiger partial charge in [0.25, 0.3) is 0 Å². The minimum atomic E-state index is -3.03. The van der Waals surface area contributed by atoms with Crippen molar-refractivity contribution in [3.63, 3.8) is 0 Å². The summed E-state index contributed by atoms with van der Waals surface area (Å²) in [5.74, 6) is 0.588. The number of sulfone groups is 1. The Morgan fingerprint density at radius 1 is 1.33 bits per heavy atom. The van der Waals surface area contributed by atoms with E-state index < -0.39 is 9.84 Å². The Morgan fingerprint density at radius 2 is 2.10 bits per heavy atom. The highest BCUT2D eigenvalue weighted by molar-refractivity contribution is 7.91. The molecule has 3 rings (SSSR count). The second-order valence-electron chi connectivity index (χ2n) is 4.87. The molecule has 0 amide bonds. The van der Waals surface area contributed by atoms with Crippen LogP contribution in [0.4, 0.5) is 5.69 Å². The maximum Gasteiger partial charge on any atom is 0.182 e. The number of hydrogen-bond acceptors (Lipinski definition) is 6. The van der Waals surface area contributed by atoms with E-state index in [0.29, 0.717) is 28.5 Å². The van der Waals surface area contributed by atoms with Gasteiger partial charge in [0.1, 0.15) is 0 Å². The van der Waals surface area contributed by atoms with Gasteiger partial charge in [-0.2, -0.15) is 0 Å². The van der Waals surface area contributed by atoms with Crippen LogP contribution in [0.25, 0.3) is 11.4 Å². The number of halogens is 2. The molecule has 2 aromatic rings. The largest absolute Gasteiger partial charge is 0.397 e. The molecule has 1 saturated heterocycles. The van der Waals surface area contributed by atoms with Gasteiger partial charge in [-0.25, -0.2) is 13.1 Å². The monoisotopic (exact) mass is 347 g/mol. The molecular weight excluding hydrogens is 337 g/mol. The predicted octanol–water partition coefficient (Wildman–Crippen LogP) is 1.59. The van der Waals surface area contributed by atoms with Gasteiger partial charge in [-0.15, -0.1) is 5.10 Å². The standard InChI is InChI=1S/C11H11Cl2N5O2S/c12-8-3-6(4-9(14)10(8)13)11-15-16-17-18(11)7-1-2-21(19,20)5-7/h3-4,7H,1-2,5,14H2. The van der Waals surface area contributed by atoms with Gasteiger partial charge < -0.3 is 5.73 Å². The van der Waals surface area contributed by atoms with Crippen molar-refractivity contribution in [2.24, 2.45) is 0 Å². The third-order valence-electron chi connectivity index (χ3n) is 3.36. The lowest BCUT2D eigenvalue weighted by Gasteiger charge is -2.11. The molecule has 2 N–H and O–H groups in total. The number of hydrogen-bond donors (Lipinski definition) is 1. The summed E-state index contributed by atoms with van der Waals surface area (Å²) < 4.78 is 24.7. The van der Waals surface area contributed by atoms with Gasteiger partial charge >= 0.3 is 0 Å². The van der Waals surface area contributed by atoms with E-state index >= 15 is 0 Å². The zero-order valence-electron chi connectivity index (χ0n) is 10.7. The summed E-state index contributed by atoms with van der Waals surface area (Å²) in [5, 5.41) is 12.0. The van der Waals surface area contributed by atoms with Gasteiger partial charge in [0.05, 0.1) is 33.3 Å². The number of rotatable bonds is 2. The van der Waals surface area contributed by atoms with Crippen molar-refractivity contribution >= 4 is 38.7 Å². The van der Waals surface area contributed by atoms with Gasteiger partial charge in [0.15, 0.2) is 15.7 Å². The van der Waals surface area contributed by atoms with E-state index in [2.05, 4.69) is 15.5 Å². The fraction of sp³-hybridized carbons (Fsp3) is 0.364. The zero-order valence-corrected chi connectivity index (χ0v) is 13.0. The number of nitrogens with two attached hydrogens (primary N) is 1. The summed E-state index contributed by atoms with van der Waals surface area (Å²) in [6, 6.07) is 2.93. The summed E-state index contributed by atoms with van der Waals surface area (Å²) in [5.41, 5.74) is 6.69. The van der Waals surface area contributed by atoms with Crippen molar-refractivity contribution in [3.8, 4) is 11.4 Å². The molecule has 1 atom stereocenters. The summed E-state index contributed by atoms with van der Waals surface area (Å²) in [7, 11) is -3.03. The molecule has 1 aliphatic heterocycles. The topological polar surface area (TPSA) is 104 Å². The molecule has 0 bridgehead atoms. The number of nitrogens with zero attached hydrogens (tertiary/aromatic N) is 4. The zero-order chi connectivity index (χ0) is 15.2. The van der Waals surface area contributed by atoms with Crippen LogP contribution in [0, 0.1) is 0 Å². The van der Waals surface area contributed by atoms with Gasteiger partial charge in [0.2, 0.25) is 0 Å². The Morgan fingerprint density at radius 3 is 2.71 bits per heavy atom. The highest BCUT2D eigenvalue weighted by Gasteiger charge is 2.32. The van der Waals surface area contributed by atoms with E-state index in [0.717, 1.165) is 0 Å². The SMILES string of the molecule is Nc1cc(-c2nnnn2C2CCS(=O)(=O)C2)cc(Cl)c1Cl. The number of benzene rings is 1. The molecule has 7 nitrogen and oxygen atoms in total. The van der Waals surface area contributed by atoms with Crippen LogP contribution in [0.5, 0.6) is 0 Å². The van der Waals surface area contributed by atoms with Crippen LogP contribution in [0.2, 0.25) is 10.0 Å². The molecule has 1 unspecified atom stereocenters. The molecule has 1 aromatic heterocycles. The van der Waals surface area contributed by atoms with Crippen LogP contribution >= 0.6 is 23.2 Å². The Bertz CT molecular complexity index is 782. The highest BCUT2D eigenvalue weighted by atomic mass is 35.5. The molecule has 1 aliphatic rings. The van der Waals surface area contributed by atoms with Crippen LogP contribution in [-0.2, 0) is 9.84 Å². The number of aromatic nitrogens is 4. The molecule has 0 spiro atoms. The molecule has 0 aliphatic carbocycles. The van der Waals surface area contributed by atoms with E-state index in [1.807, 2.05) is 0 Å². The third kappa shape index (κ3) is 2.70. The Balaban J connectivity index is 2.04. The number of tetrazole rings is 1. The molecule has 2 heterocycles. The van der Waals surface area contributed by atoms with Crippen molar-refractivity contribution in [2.75, 3.05) is 17.2 Å². The Hall–Kier alpha value is -1.38. The van der Waals surface area contributed by atoms with Crippen LogP contribution in [0.15, 0.2) is 12.1 Å². The van der Waals surface area contributed by atoms with E-state index in [1.54, 1.807) is 12.1 Å². The van der Waals surface area contributed by atoms with E-state index in [4.69, 9.17) is 28.9 Å². The number of nitrogen functional groups attached to an aromatic ring is 1. The van der Waals surface area contributed by atoms with Gasteiger partial charge in [-0.1, -0.05) is 23.2 Å². The first-order chi connectivity index (χ1) is 9.87. The lowest BCUT2D eigenvalue weighted by Crippen LogP contribution is -2.14. The molecule has 112 valence electrons. The average molecular weight is 348 g/mol. The molecular formula is C11H11Cl2N5O2S. The summed E-state index contributed by atoms with van der Waals surface area (Å²) in [4.78, 5) is 0. The van der Waals surface area contributed by atoms with Crippen molar-refractivity contribution in [3.05, 3.63) is 22.2 Å². The van der Waals surface area contributed by atoms with Crippen molar-refractivity contribution in [2.45, 2.75) is 12.5 Å². The van der Waals surface area contributed by atoms with E-state index in [9.17, 15) is 8.42 Å². The Labute approximate surface area is 130 Å². The van der Waals surface area contributed by atoms with Crippen molar-refractivity contribution < 1.29 is 8.42 Å². The molecule has 1 aromatic carbocycles. The van der Waals surface area contributed by atoms with Crippen LogP contribution in [0.3, 0.4) is 0 Å². The fourth-order valence-electron chi connectivity index (χ4n) is 2.34. The molecule has 0 radical (unpaired) electrons. The lowest BCUT2D eigenvalue weighted by atomic mass is 10.1. The first-order valence-electron chi connectivity index (χ1n) is 6.10. The van der Waals surface area contributed by atoms with Crippen LogP contribution in [-0.4, -0.2) is 40.1 Å². The maximum absolute atomic E-state index is 11.6. The third-order valence-corrected chi connectivity index (χ3v) is 5.93. The normalized spacial score (nSPS) is 20.8. The maximum atomic E-state index is 11.6. The molecule has 21 heavy (non-hydrogen) atoms. The Kier molecular flexibility index (Phi) is 3.54. The summed E-state index contributed by atoms with van der Waals surface area (Å²) in [6.07, 6.45) is 0.483. The van der Waals surface area contributed by atoms with Gasteiger partial charge in [-0.3, -0.25) is 0 Å². The van der Waals surface area contributed by atoms with Gasteiger partial charge in [-0.05, 0) is 29.0 Å². The van der Waals surface area contributed by atoms with E-state index in [-0.39, 0.29) is 22.6 Å². The molecule has 10 heteroatoms. The smallest absolute Gasteiger partial charge is 0.182 e. The molecule has 1 fully saturated rings. The van der Waals surface area contributed by atoms with Crippen LogP contribution < -0.4 is 5.73 Å².